The highest BCUT2D eigenvalue weighted by molar-refractivity contribution is 7.91. The fourth-order valence-corrected chi connectivity index (χ4v) is 6.43. The molecule has 0 aromatic carbocycles. The van der Waals surface area contributed by atoms with E-state index in [4.69, 9.17) is 4.42 Å². The highest BCUT2D eigenvalue weighted by Crippen LogP contribution is 2.37. The second kappa shape index (κ2) is 7.21. The van der Waals surface area contributed by atoms with Crippen molar-refractivity contribution in [3.05, 3.63) is 24.2 Å². The van der Waals surface area contributed by atoms with Crippen LogP contribution in [0.1, 0.15) is 69.6 Å². The predicted molar refractivity (Wildman–Crippen MR) is 98.2 cm³/mol. The van der Waals surface area contributed by atoms with E-state index in [0.717, 1.165) is 49.3 Å². The number of oxazole rings is 1. The molecule has 2 aromatic heterocycles. The molecule has 0 amide bonds. The molecule has 5 nitrogen and oxygen atoms in total. The molecule has 7 heteroatoms. The second-order valence-corrected chi connectivity index (χ2v) is 10.1. The number of aromatic nitrogens is 1. The summed E-state index contributed by atoms with van der Waals surface area (Å²) in [5.74, 6) is 1.89. The molecule has 1 N–H and O–H groups in total. The number of hydrogen-bond donors (Lipinski definition) is 1. The Morgan fingerprint density at radius 3 is 2.52 bits per heavy atom. The summed E-state index contributed by atoms with van der Waals surface area (Å²) in [6.45, 7) is 0. The third kappa shape index (κ3) is 3.83. The molecule has 0 aliphatic heterocycles. The first-order valence-corrected chi connectivity index (χ1v) is 11.5. The van der Waals surface area contributed by atoms with Gasteiger partial charge in [0, 0.05) is 12.0 Å². The van der Waals surface area contributed by atoms with Crippen LogP contribution in [-0.2, 0) is 10.0 Å². The molecule has 25 heavy (non-hydrogen) atoms. The highest BCUT2D eigenvalue weighted by atomic mass is 32.2. The number of nitrogens with one attached hydrogen (secondary N) is 1. The molecule has 0 atom stereocenters. The SMILES string of the molecule is O=S(=O)(NC1CCCCC1)c1ccc(-c2cnc(C3CCCC3)o2)s1. The minimum absolute atomic E-state index is 0.0727. The average molecular weight is 381 g/mol. The van der Waals surface area contributed by atoms with Gasteiger partial charge in [-0.3, -0.25) is 0 Å². The van der Waals surface area contributed by atoms with Gasteiger partial charge in [-0.1, -0.05) is 32.1 Å². The van der Waals surface area contributed by atoms with E-state index in [9.17, 15) is 8.42 Å². The Kier molecular flexibility index (Phi) is 4.97. The molecule has 2 fully saturated rings. The molecular weight excluding hydrogens is 356 g/mol. The van der Waals surface area contributed by atoms with Crippen molar-refractivity contribution >= 4 is 21.4 Å². The highest BCUT2D eigenvalue weighted by Gasteiger charge is 2.25. The maximum atomic E-state index is 12.6. The zero-order valence-corrected chi connectivity index (χ0v) is 15.9. The quantitative estimate of drug-likeness (QED) is 0.818. The summed E-state index contributed by atoms with van der Waals surface area (Å²) in [5.41, 5.74) is 0. The van der Waals surface area contributed by atoms with Crippen LogP contribution in [0, 0.1) is 0 Å². The Morgan fingerprint density at radius 2 is 1.76 bits per heavy atom. The molecule has 0 spiro atoms. The van der Waals surface area contributed by atoms with Gasteiger partial charge in [-0.25, -0.2) is 18.1 Å². The number of nitrogens with zero attached hydrogens (tertiary/aromatic N) is 1. The first-order chi connectivity index (χ1) is 12.1. The second-order valence-electron chi connectivity index (χ2n) is 7.12. The van der Waals surface area contributed by atoms with Gasteiger partial charge >= 0.3 is 0 Å². The van der Waals surface area contributed by atoms with Crippen molar-refractivity contribution < 1.29 is 12.8 Å². The summed E-state index contributed by atoms with van der Waals surface area (Å²) >= 11 is 1.25. The van der Waals surface area contributed by atoms with Crippen molar-refractivity contribution in [1.29, 1.82) is 0 Å². The fraction of sp³-hybridized carbons (Fsp3) is 0.611. The lowest BCUT2D eigenvalue weighted by molar-refractivity contribution is 0.412. The van der Waals surface area contributed by atoms with E-state index in [0.29, 0.717) is 15.9 Å². The van der Waals surface area contributed by atoms with Crippen molar-refractivity contribution in [3.8, 4) is 10.6 Å². The summed E-state index contributed by atoms with van der Waals surface area (Å²) < 4.78 is 34.4. The van der Waals surface area contributed by atoms with Gasteiger partial charge < -0.3 is 4.42 Å². The Balaban J connectivity index is 1.49. The van der Waals surface area contributed by atoms with Crippen LogP contribution in [0.3, 0.4) is 0 Å². The third-order valence-corrected chi connectivity index (χ3v) is 8.36. The van der Waals surface area contributed by atoms with Gasteiger partial charge in [-0.15, -0.1) is 11.3 Å². The van der Waals surface area contributed by atoms with Crippen LogP contribution in [-0.4, -0.2) is 19.4 Å². The number of sulfonamides is 1. The van der Waals surface area contributed by atoms with Crippen molar-refractivity contribution in [3.63, 3.8) is 0 Å². The lowest BCUT2D eigenvalue weighted by Gasteiger charge is -2.22. The van der Waals surface area contributed by atoms with Crippen molar-refractivity contribution in [1.82, 2.24) is 9.71 Å². The van der Waals surface area contributed by atoms with Crippen molar-refractivity contribution in [2.45, 2.75) is 74.0 Å². The van der Waals surface area contributed by atoms with Gasteiger partial charge in [-0.05, 0) is 37.8 Å². The van der Waals surface area contributed by atoms with Gasteiger partial charge in [0.2, 0.25) is 10.0 Å². The summed E-state index contributed by atoms with van der Waals surface area (Å²) in [7, 11) is -3.45. The zero-order chi connectivity index (χ0) is 17.3. The number of thiophene rings is 1. The Hall–Kier alpha value is -1.18. The molecule has 2 aliphatic rings. The van der Waals surface area contributed by atoms with Crippen molar-refractivity contribution in [2.75, 3.05) is 0 Å². The number of rotatable bonds is 5. The summed E-state index contributed by atoms with van der Waals surface area (Å²) in [6.07, 6.45) is 11.7. The number of hydrogen-bond acceptors (Lipinski definition) is 5. The Morgan fingerprint density at radius 1 is 1.04 bits per heavy atom. The van der Waals surface area contributed by atoms with E-state index in [1.165, 1.54) is 30.6 Å². The molecule has 136 valence electrons. The minimum atomic E-state index is -3.45. The van der Waals surface area contributed by atoms with Gasteiger partial charge in [0.25, 0.3) is 0 Å². The van der Waals surface area contributed by atoms with Crippen LogP contribution in [0.15, 0.2) is 27.0 Å². The average Bonchev–Trinajstić information content (AvgIpc) is 3.35. The van der Waals surface area contributed by atoms with Gasteiger partial charge in [-0.2, -0.15) is 0 Å². The standard InChI is InChI=1S/C18H24N2O3S2/c21-25(22,20-14-8-2-1-3-9-14)17-11-10-16(24-17)15-12-19-18(23-15)13-6-4-5-7-13/h10-14,20H,1-9H2. The van der Waals surface area contributed by atoms with Crippen LogP contribution in [0.4, 0.5) is 0 Å². The molecule has 0 unspecified atom stereocenters. The summed E-state index contributed by atoms with van der Waals surface area (Å²) in [6, 6.07) is 3.56. The molecule has 2 aliphatic carbocycles. The summed E-state index contributed by atoms with van der Waals surface area (Å²) in [4.78, 5) is 5.23. The Labute approximate surface area is 152 Å². The molecule has 0 saturated heterocycles. The largest absolute Gasteiger partial charge is 0.440 e. The maximum absolute atomic E-state index is 12.6. The molecule has 2 aromatic rings. The molecule has 2 heterocycles. The van der Waals surface area contributed by atoms with Crippen LogP contribution in [0.25, 0.3) is 10.6 Å². The van der Waals surface area contributed by atoms with Crippen LogP contribution in [0.2, 0.25) is 0 Å². The summed E-state index contributed by atoms with van der Waals surface area (Å²) in [5, 5.41) is 0. The van der Waals surface area contributed by atoms with Gasteiger partial charge in [0.05, 0.1) is 11.1 Å². The normalized spacial score (nSPS) is 20.3. The molecule has 0 bridgehead atoms. The fourth-order valence-electron chi connectivity index (χ4n) is 3.86. The lowest BCUT2D eigenvalue weighted by Crippen LogP contribution is -2.35. The third-order valence-electron chi connectivity index (χ3n) is 5.24. The van der Waals surface area contributed by atoms with E-state index >= 15 is 0 Å². The molecular formula is C18H24N2O3S2. The predicted octanol–water partition coefficient (Wildman–Crippen LogP) is 4.67. The van der Waals surface area contributed by atoms with Crippen molar-refractivity contribution in [2.24, 2.45) is 0 Å². The van der Waals surface area contributed by atoms with E-state index in [1.807, 2.05) is 6.07 Å². The Bertz CT molecular complexity index is 813. The van der Waals surface area contributed by atoms with Crippen LogP contribution >= 0.6 is 11.3 Å². The van der Waals surface area contributed by atoms with E-state index in [1.54, 1.807) is 12.3 Å². The molecule has 2 saturated carbocycles. The lowest BCUT2D eigenvalue weighted by atomic mass is 9.96. The monoisotopic (exact) mass is 380 g/mol. The van der Waals surface area contributed by atoms with Crippen LogP contribution in [0.5, 0.6) is 0 Å². The van der Waals surface area contributed by atoms with E-state index in [-0.39, 0.29) is 6.04 Å². The molecule has 0 radical (unpaired) electrons. The van der Waals surface area contributed by atoms with Gasteiger partial charge in [0.15, 0.2) is 11.7 Å². The van der Waals surface area contributed by atoms with E-state index < -0.39 is 10.0 Å². The van der Waals surface area contributed by atoms with Gasteiger partial charge in [0.1, 0.15) is 4.21 Å². The van der Waals surface area contributed by atoms with E-state index in [2.05, 4.69) is 9.71 Å². The topological polar surface area (TPSA) is 72.2 Å². The molecule has 4 rings (SSSR count). The zero-order valence-electron chi connectivity index (χ0n) is 14.2. The smallest absolute Gasteiger partial charge is 0.250 e. The maximum Gasteiger partial charge on any atom is 0.250 e. The van der Waals surface area contributed by atoms with Crippen LogP contribution < -0.4 is 4.72 Å². The first-order valence-electron chi connectivity index (χ1n) is 9.20. The minimum Gasteiger partial charge on any atom is -0.440 e. The first kappa shape index (κ1) is 17.2.